The molecule has 2 rings (SSSR count). The van der Waals surface area contributed by atoms with Gasteiger partial charge in [0.1, 0.15) is 12.3 Å². The number of carbonyl (C=O) groups is 1. The Morgan fingerprint density at radius 3 is 2.56 bits per heavy atom. The molecular formula is C11H20N2O3. The van der Waals surface area contributed by atoms with Gasteiger partial charge in [0, 0.05) is 12.1 Å². The molecule has 2 aliphatic rings. The standard InChI is InChI=1S/C11H20N2O3/c1-7-9(15-7)12-5-8-6-13(10(14)16-8)11(2,3)4/h7-9,12H,5-6H2,1-4H3. The van der Waals surface area contributed by atoms with E-state index in [0.29, 0.717) is 13.1 Å². The Bertz CT molecular complexity index is 287. The Kier molecular flexibility index (Phi) is 2.84. The molecule has 16 heavy (non-hydrogen) atoms. The van der Waals surface area contributed by atoms with Crippen LogP contribution in [0.3, 0.4) is 0 Å². The molecule has 1 N–H and O–H groups in total. The molecule has 92 valence electrons. The summed E-state index contributed by atoms with van der Waals surface area (Å²) in [7, 11) is 0. The van der Waals surface area contributed by atoms with E-state index in [-0.39, 0.29) is 30.1 Å². The van der Waals surface area contributed by atoms with Crippen LogP contribution in [0.2, 0.25) is 0 Å². The summed E-state index contributed by atoms with van der Waals surface area (Å²) in [6, 6.07) is 0. The number of ether oxygens (including phenoxy) is 2. The number of nitrogens with zero attached hydrogens (tertiary/aromatic N) is 1. The summed E-state index contributed by atoms with van der Waals surface area (Å²) in [6.45, 7) is 9.35. The Hall–Kier alpha value is -0.810. The van der Waals surface area contributed by atoms with Crippen LogP contribution in [0.5, 0.6) is 0 Å². The molecule has 2 heterocycles. The minimum absolute atomic E-state index is 0.0666. The van der Waals surface area contributed by atoms with Gasteiger partial charge in [-0.05, 0) is 27.7 Å². The van der Waals surface area contributed by atoms with Crippen molar-refractivity contribution in [1.82, 2.24) is 10.2 Å². The third-order valence-electron chi connectivity index (χ3n) is 2.94. The summed E-state index contributed by atoms with van der Waals surface area (Å²) < 4.78 is 10.5. The van der Waals surface area contributed by atoms with Crippen molar-refractivity contribution in [3.05, 3.63) is 0 Å². The normalized spacial score (nSPS) is 34.1. The van der Waals surface area contributed by atoms with E-state index in [1.807, 2.05) is 27.7 Å². The molecule has 0 aromatic carbocycles. The lowest BCUT2D eigenvalue weighted by atomic mass is 10.1. The van der Waals surface area contributed by atoms with E-state index >= 15 is 0 Å². The van der Waals surface area contributed by atoms with Crippen LogP contribution in [0.15, 0.2) is 0 Å². The fraction of sp³-hybridized carbons (Fsp3) is 0.909. The van der Waals surface area contributed by atoms with E-state index < -0.39 is 0 Å². The third-order valence-corrected chi connectivity index (χ3v) is 2.94. The number of cyclic esters (lactones) is 1. The second kappa shape index (κ2) is 3.89. The fourth-order valence-electron chi connectivity index (χ4n) is 1.82. The maximum Gasteiger partial charge on any atom is 0.410 e. The number of epoxide rings is 1. The molecule has 2 aliphatic heterocycles. The molecule has 0 aromatic rings. The first kappa shape index (κ1) is 11.7. The lowest BCUT2D eigenvalue weighted by Gasteiger charge is -2.29. The molecule has 5 heteroatoms. The van der Waals surface area contributed by atoms with Crippen LogP contribution in [0.25, 0.3) is 0 Å². The van der Waals surface area contributed by atoms with Gasteiger partial charge in [0.05, 0.1) is 12.6 Å². The minimum Gasteiger partial charge on any atom is -0.443 e. The number of rotatable bonds is 3. The van der Waals surface area contributed by atoms with Crippen molar-refractivity contribution in [2.24, 2.45) is 0 Å². The maximum atomic E-state index is 11.6. The Balaban J connectivity index is 1.79. The summed E-state index contributed by atoms with van der Waals surface area (Å²) in [5, 5.41) is 3.21. The highest BCUT2D eigenvalue weighted by Gasteiger charge is 2.40. The summed E-state index contributed by atoms with van der Waals surface area (Å²) in [4.78, 5) is 13.4. The highest BCUT2D eigenvalue weighted by molar-refractivity contribution is 5.70. The predicted molar refractivity (Wildman–Crippen MR) is 59.1 cm³/mol. The Morgan fingerprint density at radius 2 is 2.12 bits per heavy atom. The summed E-state index contributed by atoms with van der Waals surface area (Å²) in [6.07, 6.45) is 0.144. The van der Waals surface area contributed by atoms with Gasteiger partial charge >= 0.3 is 6.09 Å². The van der Waals surface area contributed by atoms with Crippen LogP contribution in [0.1, 0.15) is 27.7 Å². The fourth-order valence-corrected chi connectivity index (χ4v) is 1.82. The smallest absolute Gasteiger partial charge is 0.410 e. The Morgan fingerprint density at radius 1 is 1.50 bits per heavy atom. The molecule has 0 spiro atoms. The quantitative estimate of drug-likeness (QED) is 0.730. The number of hydrogen-bond acceptors (Lipinski definition) is 4. The zero-order chi connectivity index (χ0) is 11.9. The third kappa shape index (κ3) is 2.47. The summed E-state index contributed by atoms with van der Waals surface area (Å²) in [5.74, 6) is 0. The lowest BCUT2D eigenvalue weighted by molar-refractivity contribution is 0.118. The average molecular weight is 228 g/mol. The van der Waals surface area contributed by atoms with Crippen molar-refractivity contribution in [1.29, 1.82) is 0 Å². The molecule has 2 saturated heterocycles. The molecule has 0 aromatic heterocycles. The molecule has 3 unspecified atom stereocenters. The van der Waals surface area contributed by atoms with Crippen LogP contribution in [-0.2, 0) is 9.47 Å². The summed E-state index contributed by atoms with van der Waals surface area (Å²) in [5.41, 5.74) is -0.171. The molecule has 1 amide bonds. The summed E-state index contributed by atoms with van der Waals surface area (Å²) >= 11 is 0. The highest BCUT2D eigenvalue weighted by Crippen LogP contribution is 2.22. The second-order valence-electron chi connectivity index (χ2n) is 5.46. The number of carbonyl (C=O) groups excluding carboxylic acids is 1. The number of nitrogens with one attached hydrogen (secondary N) is 1. The van der Waals surface area contributed by atoms with E-state index in [2.05, 4.69) is 5.32 Å². The van der Waals surface area contributed by atoms with E-state index in [1.165, 1.54) is 0 Å². The topological polar surface area (TPSA) is 54.1 Å². The first-order valence-electron chi connectivity index (χ1n) is 5.75. The molecular weight excluding hydrogens is 208 g/mol. The van der Waals surface area contributed by atoms with Gasteiger partial charge < -0.3 is 9.47 Å². The second-order valence-corrected chi connectivity index (χ2v) is 5.46. The van der Waals surface area contributed by atoms with Gasteiger partial charge in [0.25, 0.3) is 0 Å². The van der Waals surface area contributed by atoms with E-state index in [1.54, 1.807) is 4.90 Å². The molecule has 3 atom stereocenters. The van der Waals surface area contributed by atoms with Crippen molar-refractivity contribution >= 4 is 6.09 Å². The number of amides is 1. The van der Waals surface area contributed by atoms with E-state index in [0.717, 1.165) is 0 Å². The largest absolute Gasteiger partial charge is 0.443 e. The van der Waals surface area contributed by atoms with Gasteiger partial charge in [0.2, 0.25) is 0 Å². The lowest BCUT2D eigenvalue weighted by Crippen LogP contribution is -2.43. The monoisotopic (exact) mass is 228 g/mol. The first-order chi connectivity index (χ1) is 7.38. The van der Waals surface area contributed by atoms with E-state index in [4.69, 9.17) is 9.47 Å². The Labute approximate surface area is 96.1 Å². The van der Waals surface area contributed by atoms with E-state index in [9.17, 15) is 4.79 Å². The van der Waals surface area contributed by atoms with Crippen molar-refractivity contribution in [2.75, 3.05) is 13.1 Å². The molecule has 0 bridgehead atoms. The van der Waals surface area contributed by atoms with Gasteiger partial charge in [-0.3, -0.25) is 10.2 Å². The van der Waals surface area contributed by atoms with Crippen LogP contribution >= 0.6 is 0 Å². The minimum atomic E-state index is -0.218. The zero-order valence-corrected chi connectivity index (χ0v) is 10.3. The highest BCUT2D eigenvalue weighted by atomic mass is 16.6. The van der Waals surface area contributed by atoms with Gasteiger partial charge in [-0.1, -0.05) is 0 Å². The molecule has 2 fully saturated rings. The van der Waals surface area contributed by atoms with Crippen molar-refractivity contribution < 1.29 is 14.3 Å². The predicted octanol–water partition coefficient (Wildman–Crippen LogP) is 0.940. The van der Waals surface area contributed by atoms with Crippen LogP contribution in [0.4, 0.5) is 4.79 Å². The molecule has 0 radical (unpaired) electrons. The van der Waals surface area contributed by atoms with Gasteiger partial charge in [-0.15, -0.1) is 0 Å². The van der Waals surface area contributed by atoms with Crippen molar-refractivity contribution in [3.63, 3.8) is 0 Å². The zero-order valence-electron chi connectivity index (χ0n) is 10.3. The van der Waals surface area contributed by atoms with Gasteiger partial charge in [0.15, 0.2) is 0 Å². The number of hydrogen-bond donors (Lipinski definition) is 1. The average Bonchev–Trinajstić information content (AvgIpc) is 2.69. The van der Waals surface area contributed by atoms with Gasteiger partial charge in [-0.25, -0.2) is 4.79 Å². The van der Waals surface area contributed by atoms with Crippen LogP contribution < -0.4 is 5.32 Å². The van der Waals surface area contributed by atoms with Gasteiger partial charge in [-0.2, -0.15) is 0 Å². The van der Waals surface area contributed by atoms with Crippen LogP contribution in [-0.4, -0.2) is 48.1 Å². The SMILES string of the molecule is CC1OC1NCC1CN(C(C)(C)C)C(=O)O1. The molecule has 5 nitrogen and oxygen atoms in total. The maximum absolute atomic E-state index is 11.6. The van der Waals surface area contributed by atoms with Crippen molar-refractivity contribution in [3.8, 4) is 0 Å². The first-order valence-corrected chi connectivity index (χ1v) is 5.75. The van der Waals surface area contributed by atoms with Crippen LogP contribution in [0, 0.1) is 0 Å². The molecule has 0 saturated carbocycles. The van der Waals surface area contributed by atoms with Crippen molar-refractivity contribution in [2.45, 2.75) is 51.7 Å². The molecule has 0 aliphatic carbocycles.